The van der Waals surface area contributed by atoms with Crippen molar-refractivity contribution in [1.82, 2.24) is 5.09 Å². The molecule has 0 aromatic rings. The van der Waals surface area contributed by atoms with E-state index < -0.39 is 6.49 Å². The average molecular weight is 277 g/mol. The molecular weight excluding hydrogens is 249 g/mol. The first kappa shape index (κ1) is 17.5. The van der Waals surface area contributed by atoms with Gasteiger partial charge in [0.25, 0.3) is 0 Å². The van der Waals surface area contributed by atoms with Gasteiger partial charge in [-0.1, -0.05) is 41.5 Å². The van der Waals surface area contributed by atoms with Crippen molar-refractivity contribution >= 4 is 18.3 Å². The van der Waals surface area contributed by atoms with E-state index in [1.165, 1.54) is 0 Å². The Kier molecular flexibility index (Phi) is 5.42. The second-order valence-electron chi connectivity index (χ2n) is 7.45. The molecule has 0 aromatic heterocycles. The lowest BCUT2D eigenvalue weighted by Gasteiger charge is -2.62. The Hall–Kier alpha value is 0.530. The summed E-state index contributed by atoms with van der Waals surface area (Å²) in [5, 5.41) is 13.0. The molecule has 0 aliphatic heterocycles. The molecule has 0 saturated carbocycles. The molecule has 3 nitrogen and oxygen atoms in total. The summed E-state index contributed by atoms with van der Waals surface area (Å²) in [6.45, 7) is 16.5. The van der Waals surface area contributed by atoms with Gasteiger partial charge in [-0.2, -0.15) is 6.49 Å². The zero-order chi connectivity index (χ0) is 14.1. The van der Waals surface area contributed by atoms with Crippen LogP contribution in [0.4, 0.5) is 0 Å². The molecule has 17 heavy (non-hydrogen) atoms. The maximum atomic E-state index is 5.71. The van der Waals surface area contributed by atoms with Crippen LogP contribution in [0.3, 0.4) is 0 Å². The monoisotopic (exact) mass is 277 g/mol. The van der Waals surface area contributed by atoms with Gasteiger partial charge in [0.05, 0.1) is 0 Å². The van der Waals surface area contributed by atoms with Crippen LogP contribution in [0.1, 0.15) is 62.3 Å². The summed E-state index contributed by atoms with van der Waals surface area (Å²) in [7, 11) is 0. The molecule has 0 heterocycles. The van der Waals surface area contributed by atoms with Crippen molar-refractivity contribution in [3.05, 3.63) is 10.2 Å². The summed E-state index contributed by atoms with van der Waals surface area (Å²) in [5.74, 6) is 0. The maximum absolute atomic E-state index is 5.71. The first-order chi connectivity index (χ1) is 7.12. The zero-order valence-electron chi connectivity index (χ0n) is 12.7. The average Bonchev–Trinajstić information content (AvgIpc) is 1.65. The van der Waals surface area contributed by atoms with Crippen molar-refractivity contribution in [2.24, 2.45) is 0 Å². The fourth-order valence-electron chi connectivity index (χ4n) is 1.32. The van der Waals surface area contributed by atoms with E-state index in [0.717, 1.165) is 0 Å². The highest BCUT2D eigenvalue weighted by Gasteiger charge is 2.15. The van der Waals surface area contributed by atoms with Crippen LogP contribution < -0.4 is 5.09 Å². The predicted molar refractivity (Wildman–Crippen MR) is 83.4 cm³/mol. The Bertz CT molecular complexity index is 247. The first-order valence-electron chi connectivity index (χ1n) is 6.00. The first-order valence-corrected chi connectivity index (χ1v) is 8.71. The fourth-order valence-corrected chi connectivity index (χ4v) is 6.26. The molecule has 0 fully saturated rings. The van der Waals surface area contributed by atoms with Gasteiger partial charge in [0.2, 0.25) is 0 Å². The third-order valence-corrected chi connectivity index (χ3v) is 4.82. The van der Waals surface area contributed by atoms with Crippen LogP contribution in [0, 0.1) is 0 Å². The zero-order valence-corrected chi connectivity index (χ0v) is 14.5. The second kappa shape index (κ2) is 5.26. The number of nitrogens with zero attached hydrogens (tertiary/aromatic N) is 2. The highest BCUT2D eigenvalue weighted by molar-refractivity contribution is 8.16. The van der Waals surface area contributed by atoms with E-state index >= 15 is 0 Å². The molecule has 0 radical (unpaired) electrons. The van der Waals surface area contributed by atoms with E-state index in [-0.39, 0.29) is 16.6 Å². The van der Waals surface area contributed by atoms with E-state index in [2.05, 4.69) is 67.4 Å². The summed E-state index contributed by atoms with van der Waals surface area (Å²) >= 11 is 5.71. The Morgan fingerprint density at radius 2 is 1.06 bits per heavy atom. The molecule has 5 heteroatoms. The molecule has 0 aliphatic carbocycles. The van der Waals surface area contributed by atoms with Gasteiger partial charge in [-0.15, -0.1) is 22.9 Å². The lowest BCUT2D eigenvalue weighted by Crippen LogP contribution is -2.35. The van der Waals surface area contributed by atoms with Gasteiger partial charge >= 0.3 is 0 Å². The SMILES string of the molecule is CC(C)(C)[N-]P(=S)([N-]C(C)(C)C)NC(C)(C)C. The van der Waals surface area contributed by atoms with Gasteiger partial charge in [-0.3, -0.25) is 0 Å². The van der Waals surface area contributed by atoms with Crippen LogP contribution in [0.2, 0.25) is 0 Å². The molecule has 0 atom stereocenters. The van der Waals surface area contributed by atoms with Crippen LogP contribution >= 0.6 is 6.49 Å². The molecule has 104 valence electrons. The smallest absolute Gasteiger partial charge is 0.0107 e. The van der Waals surface area contributed by atoms with Gasteiger partial charge in [-0.25, -0.2) is 0 Å². The Morgan fingerprint density at radius 3 is 1.24 bits per heavy atom. The molecule has 0 aliphatic rings. The molecule has 0 amide bonds. The number of hydrogen-bond donors (Lipinski definition) is 1. The lowest BCUT2D eigenvalue weighted by atomic mass is 10.1. The highest BCUT2D eigenvalue weighted by Crippen LogP contribution is 2.61. The third-order valence-electron chi connectivity index (χ3n) is 1.35. The maximum Gasteiger partial charge on any atom is 0.0107 e. The van der Waals surface area contributed by atoms with Gasteiger partial charge in [0.1, 0.15) is 0 Å². The van der Waals surface area contributed by atoms with Gasteiger partial charge in [-0.05, 0) is 20.8 Å². The molecule has 0 spiro atoms. The topological polar surface area (TPSA) is 40.2 Å². The van der Waals surface area contributed by atoms with Crippen LogP contribution in [-0.4, -0.2) is 16.6 Å². The summed E-state index contributed by atoms with van der Waals surface area (Å²) in [4.78, 5) is 0. The lowest BCUT2D eigenvalue weighted by molar-refractivity contribution is 0.525. The van der Waals surface area contributed by atoms with Crippen LogP contribution in [0.25, 0.3) is 10.2 Å². The van der Waals surface area contributed by atoms with Crippen molar-refractivity contribution < 1.29 is 0 Å². The summed E-state index contributed by atoms with van der Waals surface area (Å²) in [5.41, 5.74) is -0.399. The van der Waals surface area contributed by atoms with E-state index in [9.17, 15) is 0 Å². The Labute approximate surface area is 113 Å². The van der Waals surface area contributed by atoms with E-state index in [1.807, 2.05) is 0 Å². The van der Waals surface area contributed by atoms with Gasteiger partial charge < -0.3 is 15.3 Å². The van der Waals surface area contributed by atoms with E-state index in [0.29, 0.717) is 0 Å². The van der Waals surface area contributed by atoms with Crippen LogP contribution in [-0.2, 0) is 11.8 Å². The largest absolute Gasteiger partial charge is 0.626 e. The predicted octanol–water partition coefficient (Wildman–Crippen LogP) is 4.94. The summed E-state index contributed by atoms with van der Waals surface area (Å²) < 4.78 is 0. The summed E-state index contributed by atoms with van der Waals surface area (Å²) in [6, 6.07) is 0. The number of nitrogens with one attached hydrogen (secondary N) is 1. The summed E-state index contributed by atoms with van der Waals surface area (Å²) in [6.07, 6.45) is 0. The minimum Gasteiger partial charge on any atom is -0.626 e. The highest BCUT2D eigenvalue weighted by atomic mass is 32.4. The van der Waals surface area contributed by atoms with E-state index in [4.69, 9.17) is 22.0 Å². The Balaban J connectivity index is 5.03. The molecule has 0 rings (SSSR count). The van der Waals surface area contributed by atoms with Crippen molar-refractivity contribution in [2.75, 3.05) is 0 Å². The van der Waals surface area contributed by atoms with Crippen molar-refractivity contribution in [2.45, 2.75) is 78.9 Å². The molecule has 0 bridgehead atoms. The fraction of sp³-hybridized carbons (Fsp3) is 1.00. The molecule has 0 aromatic carbocycles. The van der Waals surface area contributed by atoms with Crippen molar-refractivity contribution in [3.8, 4) is 0 Å². The van der Waals surface area contributed by atoms with Crippen molar-refractivity contribution in [1.29, 1.82) is 0 Å². The standard InChI is InChI=1S/C12H28N3PS/c1-10(2,3)13-16(17,14-11(4,5)6)15-12(7,8)9/h1-9H3,(H-2,13,14,15,17)/q-2. The normalized spacial score (nSPS) is 15.1. The number of rotatable bonds is 3. The number of hydrogen-bond acceptors (Lipinski definition) is 1. The van der Waals surface area contributed by atoms with Gasteiger partial charge in [0.15, 0.2) is 0 Å². The molecule has 1 N–H and O–H groups in total. The van der Waals surface area contributed by atoms with Crippen molar-refractivity contribution in [3.63, 3.8) is 0 Å². The van der Waals surface area contributed by atoms with E-state index in [1.54, 1.807) is 0 Å². The Morgan fingerprint density at radius 1 is 0.765 bits per heavy atom. The van der Waals surface area contributed by atoms with Crippen LogP contribution in [0.5, 0.6) is 0 Å². The second-order valence-corrected chi connectivity index (χ2v) is 10.7. The minimum absolute atomic E-state index is 0.0704. The molecule has 0 saturated heterocycles. The minimum atomic E-state index is -2.25. The third kappa shape index (κ3) is 10.2. The van der Waals surface area contributed by atoms with Crippen LogP contribution in [0.15, 0.2) is 0 Å². The molecular formula is C12H28N3PS-2. The molecule has 0 unspecified atom stereocenters. The quantitative estimate of drug-likeness (QED) is 0.742. The van der Waals surface area contributed by atoms with Gasteiger partial charge in [0, 0.05) is 5.54 Å².